The fraction of sp³-hybridized carbons (Fsp3) is 0.333. The molecule has 1 aliphatic heterocycles. The van der Waals surface area contributed by atoms with Crippen LogP contribution in [0.5, 0.6) is 5.75 Å². The van der Waals surface area contributed by atoms with Crippen molar-refractivity contribution in [1.29, 1.82) is 0 Å². The Labute approximate surface area is 194 Å². The van der Waals surface area contributed by atoms with Gasteiger partial charge in [-0.2, -0.15) is 9.40 Å². The average molecular weight is 469 g/mol. The van der Waals surface area contributed by atoms with Gasteiger partial charge in [0.25, 0.3) is 5.91 Å². The molecule has 0 unspecified atom stereocenters. The molecule has 174 valence electrons. The molecule has 1 fully saturated rings. The van der Waals surface area contributed by atoms with Crippen molar-refractivity contribution in [3.8, 4) is 5.75 Å². The van der Waals surface area contributed by atoms with Gasteiger partial charge in [-0.05, 0) is 36.6 Å². The minimum Gasteiger partial charge on any atom is -0.495 e. The second-order valence-electron chi connectivity index (χ2n) is 8.17. The minimum atomic E-state index is -3.72. The topological polar surface area (TPSA) is 84.7 Å². The summed E-state index contributed by atoms with van der Waals surface area (Å²) in [6.45, 7) is 1.97. The van der Waals surface area contributed by atoms with Crippen molar-refractivity contribution in [2.75, 3.05) is 27.2 Å². The van der Waals surface area contributed by atoms with Gasteiger partial charge in [-0.1, -0.05) is 30.3 Å². The fourth-order valence-corrected chi connectivity index (χ4v) is 5.69. The number of rotatable bonds is 8. The molecule has 2 heterocycles. The summed E-state index contributed by atoms with van der Waals surface area (Å²) in [6, 6.07) is 14.6. The van der Waals surface area contributed by atoms with Crippen LogP contribution >= 0.6 is 0 Å². The molecule has 1 amide bonds. The van der Waals surface area contributed by atoms with Gasteiger partial charge in [-0.25, -0.2) is 8.42 Å². The van der Waals surface area contributed by atoms with Gasteiger partial charge in [-0.3, -0.25) is 9.48 Å². The Morgan fingerprint density at radius 2 is 1.82 bits per heavy atom. The van der Waals surface area contributed by atoms with Gasteiger partial charge < -0.3 is 9.64 Å². The lowest BCUT2D eigenvalue weighted by Gasteiger charge is -2.20. The van der Waals surface area contributed by atoms with E-state index in [4.69, 9.17) is 4.74 Å². The van der Waals surface area contributed by atoms with Gasteiger partial charge in [0.1, 0.15) is 10.6 Å². The van der Waals surface area contributed by atoms with E-state index < -0.39 is 10.0 Å². The summed E-state index contributed by atoms with van der Waals surface area (Å²) in [6.07, 6.45) is 5.32. The Morgan fingerprint density at radius 1 is 1.09 bits per heavy atom. The first-order chi connectivity index (χ1) is 15.9. The first-order valence-corrected chi connectivity index (χ1v) is 12.3. The zero-order valence-electron chi connectivity index (χ0n) is 18.8. The van der Waals surface area contributed by atoms with Crippen molar-refractivity contribution in [1.82, 2.24) is 19.0 Å². The molecule has 1 aliphatic rings. The maximum absolute atomic E-state index is 13.1. The Morgan fingerprint density at radius 3 is 2.52 bits per heavy atom. The third-order valence-electron chi connectivity index (χ3n) is 5.73. The Hall–Kier alpha value is -3.17. The van der Waals surface area contributed by atoms with E-state index >= 15 is 0 Å². The van der Waals surface area contributed by atoms with Crippen LogP contribution < -0.4 is 4.74 Å². The highest BCUT2D eigenvalue weighted by atomic mass is 32.2. The molecule has 33 heavy (non-hydrogen) atoms. The summed E-state index contributed by atoms with van der Waals surface area (Å²) in [4.78, 5) is 14.7. The van der Waals surface area contributed by atoms with Crippen LogP contribution in [0.15, 0.2) is 65.8 Å². The minimum absolute atomic E-state index is 0.0295. The number of carbonyl (C=O) groups is 1. The Bertz CT molecular complexity index is 1220. The van der Waals surface area contributed by atoms with Crippen molar-refractivity contribution < 1.29 is 17.9 Å². The number of aromatic nitrogens is 2. The number of amides is 1. The molecule has 3 aromatic rings. The molecule has 0 saturated carbocycles. The molecule has 1 saturated heterocycles. The molecule has 0 radical (unpaired) electrons. The van der Waals surface area contributed by atoms with Crippen LogP contribution in [0.3, 0.4) is 0 Å². The summed E-state index contributed by atoms with van der Waals surface area (Å²) < 4.78 is 34.8. The number of benzene rings is 2. The summed E-state index contributed by atoms with van der Waals surface area (Å²) in [5, 5.41) is 4.39. The lowest BCUT2D eigenvalue weighted by molar-refractivity contribution is 0.0784. The number of hydrogen-bond donors (Lipinski definition) is 0. The molecule has 2 aromatic carbocycles. The molecule has 0 spiro atoms. The molecule has 1 aromatic heterocycles. The monoisotopic (exact) mass is 468 g/mol. The number of methoxy groups -OCH3 is 1. The molecule has 9 heteroatoms. The van der Waals surface area contributed by atoms with E-state index in [-0.39, 0.29) is 16.6 Å². The second-order valence-corrected chi connectivity index (χ2v) is 10.1. The molecular weight excluding hydrogens is 440 g/mol. The summed E-state index contributed by atoms with van der Waals surface area (Å²) in [7, 11) is -0.604. The van der Waals surface area contributed by atoms with Gasteiger partial charge in [0.05, 0.1) is 19.9 Å². The number of carbonyl (C=O) groups excluding carboxylic acids is 1. The lowest BCUT2D eigenvalue weighted by Crippen LogP contribution is -2.29. The smallest absolute Gasteiger partial charge is 0.253 e. The first-order valence-electron chi connectivity index (χ1n) is 10.9. The van der Waals surface area contributed by atoms with Crippen molar-refractivity contribution in [3.05, 3.63) is 77.6 Å². The second kappa shape index (κ2) is 9.76. The molecule has 4 rings (SSSR count). The van der Waals surface area contributed by atoms with Crippen molar-refractivity contribution in [2.24, 2.45) is 0 Å². The van der Waals surface area contributed by atoms with Crippen LogP contribution in [-0.4, -0.2) is 60.6 Å². The maximum Gasteiger partial charge on any atom is 0.253 e. The van der Waals surface area contributed by atoms with E-state index in [1.54, 1.807) is 30.3 Å². The van der Waals surface area contributed by atoms with Crippen LogP contribution in [0.1, 0.15) is 34.3 Å². The van der Waals surface area contributed by atoms with Crippen LogP contribution in [0.25, 0.3) is 0 Å². The van der Waals surface area contributed by atoms with Crippen molar-refractivity contribution in [3.63, 3.8) is 0 Å². The van der Waals surface area contributed by atoms with E-state index in [2.05, 4.69) is 5.10 Å². The maximum atomic E-state index is 13.1. The lowest BCUT2D eigenvalue weighted by atomic mass is 10.2. The molecular formula is C24H28N4O4S. The van der Waals surface area contributed by atoms with E-state index in [1.807, 2.05) is 41.2 Å². The molecule has 0 bridgehead atoms. The summed E-state index contributed by atoms with van der Waals surface area (Å²) in [5.74, 6) is -0.0328. The van der Waals surface area contributed by atoms with Crippen LogP contribution in [-0.2, 0) is 23.1 Å². The highest BCUT2D eigenvalue weighted by Gasteiger charge is 2.31. The zero-order valence-corrected chi connectivity index (χ0v) is 19.7. The zero-order chi connectivity index (χ0) is 23.4. The first kappa shape index (κ1) is 23.0. The number of nitrogens with zero attached hydrogens (tertiary/aromatic N) is 4. The number of ether oxygens (including phenoxy) is 1. The van der Waals surface area contributed by atoms with Crippen molar-refractivity contribution >= 4 is 15.9 Å². The van der Waals surface area contributed by atoms with Gasteiger partial charge in [0.15, 0.2) is 0 Å². The Kier molecular flexibility index (Phi) is 6.80. The van der Waals surface area contributed by atoms with Crippen LogP contribution in [0, 0.1) is 0 Å². The average Bonchev–Trinajstić information content (AvgIpc) is 3.52. The largest absolute Gasteiger partial charge is 0.495 e. The SMILES string of the molecule is COc1ccc(C(=O)N(C)Cc2cnn(Cc3ccccc3)c2)cc1S(=O)(=O)N1CCCC1. The van der Waals surface area contributed by atoms with Crippen LogP contribution in [0.4, 0.5) is 0 Å². The standard InChI is InChI=1S/C24H28N4O4S/c1-26(16-20-15-25-27(18-20)17-19-8-4-3-5-9-19)24(29)21-10-11-22(32-2)23(14-21)33(30,31)28-12-6-7-13-28/h3-5,8-11,14-15,18H,6-7,12-13,16-17H2,1-2H3. The van der Waals surface area contributed by atoms with Crippen LogP contribution in [0.2, 0.25) is 0 Å². The van der Waals surface area contributed by atoms with E-state index in [0.717, 1.165) is 24.0 Å². The molecule has 0 atom stereocenters. The molecule has 8 nitrogen and oxygen atoms in total. The van der Waals surface area contributed by atoms with E-state index in [9.17, 15) is 13.2 Å². The number of hydrogen-bond acceptors (Lipinski definition) is 5. The number of sulfonamides is 1. The summed E-state index contributed by atoms with van der Waals surface area (Å²) >= 11 is 0. The van der Waals surface area contributed by atoms with Crippen molar-refractivity contribution in [2.45, 2.75) is 30.8 Å². The van der Waals surface area contributed by atoms with Gasteiger partial charge in [0, 0.05) is 44.0 Å². The van der Waals surface area contributed by atoms with Gasteiger partial charge >= 0.3 is 0 Å². The third kappa shape index (κ3) is 5.09. The van der Waals surface area contributed by atoms with E-state index in [1.165, 1.54) is 17.5 Å². The Balaban J connectivity index is 1.50. The molecule has 0 aliphatic carbocycles. The fourth-order valence-electron chi connectivity index (χ4n) is 3.99. The predicted molar refractivity (Wildman–Crippen MR) is 125 cm³/mol. The highest BCUT2D eigenvalue weighted by Crippen LogP contribution is 2.30. The molecule has 0 N–H and O–H groups in total. The normalized spacial score (nSPS) is 14.4. The quantitative estimate of drug-likeness (QED) is 0.507. The van der Waals surface area contributed by atoms with Gasteiger partial charge in [0.2, 0.25) is 10.0 Å². The predicted octanol–water partition coefficient (Wildman–Crippen LogP) is 3.00. The van der Waals surface area contributed by atoms with Gasteiger partial charge in [-0.15, -0.1) is 0 Å². The summed E-state index contributed by atoms with van der Waals surface area (Å²) in [5.41, 5.74) is 2.33. The van der Waals surface area contributed by atoms with E-state index in [0.29, 0.717) is 31.7 Å². The third-order valence-corrected chi connectivity index (χ3v) is 7.65. The highest BCUT2D eigenvalue weighted by molar-refractivity contribution is 7.89.